The van der Waals surface area contributed by atoms with Gasteiger partial charge in [-0.05, 0) is 30.2 Å². The van der Waals surface area contributed by atoms with Crippen LogP contribution >= 0.6 is 15.9 Å². The van der Waals surface area contributed by atoms with Crippen molar-refractivity contribution in [3.8, 4) is 0 Å². The van der Waals surface area contributed by atoms with Gasteiger partial charge in [0.1, 0.15) is 0 Å². The van der Waals surface area contributed by atoms with Crippen LogP contribution in [-0.2, 0) is 6.54 Å². The first-order valence-corrected chi connectivity index (χ1v) is 7.17. The fourth-order valence-electron chi connectivity index (χ4n) is 2.07. The lowest BCUT2D eigenvalue weighted by Crippen LogP contribution is -2.16. The third-order valence-electron chi connectivity index (χ3n) is 3.18. The zero-order chi connectivity index (χ0) is 13.8. The lowest BCUT2D eigenvalue weighted by atomic mass is 10.1. The summed E-state index contributed by atoms with van der Waals surface area (Å²) in [6.07, 6.45) is 0. The molecule has 0 spiro atoms. The molecule has 2 aromatic carbocycles. The average molecular weight is 319 g/mol. The summed E-state index contributed by atoms with van der Waals surface area (Å²) in [7, 11) is 2.10. The van der Waals surface area contributed by atoms with Crippen LogP contribution in [0.5, 0.6) is 0 Å². The Morgan fingerprint density at radius 3 is 2.42 bits per heavy atom. The number of hydrogen-bond acceptors (Lipinski definition) is 2. The first-order chi connectivity index (χ1) is 9.08. The number of benzene rings is 2. The predicted molar refractivity (Wildman–Crippen MR) is 85.3 cm³/mol. The molecule has 0 bridgehead atoms. The molecule has 19 heavy (non-hydrogen) atoms. The van der Waals surface area contributed by atoms with Gasteiger partial charge in [-0.2, -0.15) is 0 Å². The zero-order valence-electron chi connectivity index (χ0n) is 11.3. The minimum absolute atomic E-state index is 0.0443. The third-order valence-corrected chi connectivity index (χ3v) is 3.86. The molecule has 3 heteroatoms. The quantitative estimate of drug-likeness (QED) is 0.919. The maximum absolute atomic E-state index is 5.92. The molecule has 100 valence electrons. The number of halogens is 1. The van der Waals surface area contributed by atoms with Crippen molar-refractivity contribution in [2.45, 2.75) is 19.5 Å². The van der Waals surface area contributed by atoms with E-state index in [4.69, 9.17) is 5.73 Å². The fourth-order valence-corrected chi connectivity index (χ4v) is 2.80. The predicted octanol–water partition coefficient (Wildman–Crippen LogP) is 4.11. The lowest BCUT2D eigenvalue weighted by Gasteiger charge is -2.21. The molecule has 0 aliphatic carbocycles. The van der Waals surface area contributed by atoms with Crippen molar-refractivity contribution in [2.75, 3.05) is 11.9 Å². The standard InChI is InChI=1S/C16H19BrN2/c1-12(18)15-9-8-14(10-16(15)17)19(2)11-13-6-4-3-5-7-13/h3-10,12H,11,18H2,1-2H3/t12-/m0/s1. The van der Waals surface area contributed by atoms with Gasteiger partial charge >= 0.3 is 0 Å². The van der Waals surface area contributed by atoms with Crippen LogP contribution in [0.3, 0.4) is 0 Å². The second-order valence-electron chi connectivity index (χ2n) is 4.84. The van der Waals surface area contributed by atoms with Crippen molar-refractivity contribution in [3.05, 3.63) is 64.1 Å². The largest absolute Gasteiger partial charge is 0.370 e. The second-order valence-corrected chi connectivity index (χ2v) is 5.69. The van der Waals surface area contributed by atoms with Crippen LogP contribution in [0.2, 0.25) is 0 Å². The maximum Gasteiger partial charge on any atom is 0.0426 e. The van der Waals surface area contributed by atoms with E-state index in [0.717, 1.165) is 16.6 Å². The van der Waals surface area contributed by atoms with E-state index in [0.29, 0.717) is 0 Å². The summed E-state index contributed by atoms with van der Waals surface area (Å²) in [4.78, 5) is 2.23. The second kappa shape index (κ2) is 6.22. The Kier molecular flexibility index (Phi) is 4.61. The zero-order valence-corrected chi connectivity index (χ0v) is 12.9. The molecule has 0 aliphatic rings. The Morgan fingerprint density at radius 1 is 1.16 bits per heavy atom. The van der Waals surface area contributed by atoms with Crippen LogP contribution in [0.4, 0.5) is 5.69 Å². The monoisotopic (exact) mass is 318 g/mol. The third kappa shape index (κ3) is 3.58. The first-order valence-electron chi connectivity index (χ1n) is 6.38. The van der Waals surface area contributed by atoms with Gasteiger partial charge in [0, 0.05) is 29.8 Å². The van der Waals surface area contributed by atoms with E-state index < -0.39 is 0 Å². The van der Waals surface area contributed by atoms with Crippen LogP contribution < -0.4 is 10.6 Å². The molecule has 0 aliphatic heterocycles. The highest BCUT2D eigenvalue weighted by atomic mass is 79.9. The minimum atomic E-state index is 0.0443. The summed E-state index contributed by atoms with van der Waals surface area (Å²) in [5.41, 5.74) is 9.54. The molecule has 1 atom stereocenters. The van der Waals surface area contributed by atoms with Crippen molar-refractivity contribution < 1.29 is 0 Å². The van der Waals surface area contributed by atoms with E-state index in [1.165, 1.54) is 11.3 Å². The lowest BCUT2D eigenvalue weighted by molar-refractivity contribution is 0.812. The van der Waals surface area contributed by atoms with E-state index in [2.05, 4.69) is 70.3 Å². The van der Waals surface area contributed by atoms with Gasteiger partial charge < -0.3 is 10.6 Å². The molecule has 0 aromatic heterocycles. The molecule has 2 rings (SSSR count). The fraction of sp³-hybridized carbons (Fsp3) is 0.250. The summed E-state index contributed by atoms with van der Waals surface area (Å²) in [5, 5.41) is 0. The van der Waals surface area contributed by atoms with Gasteiger partial charge in [0.25, 0.3) is 0 Å². The van der Waals surface area contributed by atoms with Crippen LogP contribution in [0.15, 0.2) is 53.0 Å². The smallest absolute Gasteiger partial charge is 0.0426 e. The maximum atomic E-state index is 5.92. The molecule has 2 nitrogen and oxygen atoms in total. The first kappa shape index (κ1) is 14.1. The van der Waals surface area contributed by atoms with Crippen molar-refractivity contribution in [3.63, 3.8) is 0 Å². The topological polar surface area (TPSA) is 29.3 Å². The van der Waals surface area contributed by atoms with Crippen molar-refractivity contribution in [2.24, 2.45) is 5.73 Å². The van der Waals surface area contributed by atoms with Gasteiger partial charge in [0.15, 0.2) is 0 Å². The summed E-state index contributed by atoms with van der Waals surface area (Å²) in [6, 6.07) is 16.8. The molecule has 0 fully saturated rings. The van der Waals surface area contributed by atoms with Crippen LogP contribution in [0.1, 0.15) is 24.1 Å². The molecule has 0 amide bonds. The number of hydrogen-bond donors (Lipinski definition) is 1. The Hall–Kier alpha value is -1.32. The number of rotatable bonds is 4. The van der Waals surface area contributed by atoms with Gasteiger partial charge in [0.2, 0.25) is 0 Å². The van der Waals surface area contributed by atoms with Crippen molar-refractivity contribution in [1.29, 1.82) is 0 Å². The van der Waals surface area contributed by atoms with Crippen molar-refractivity contribution in [1.82, 2.24) is 0 Å². The Bertz CT molecular complexity index is 538. The Morgan fingerprint density at radius 2 is 1.84 bits per heavy atom. The average Bonchev–Trinajstić information content (AvgIpc) is 2.39. The molecular formula is C16H19BrN2. The minimum Gasteiger partial charge on any atom is -0.370 e. The Labute approximate surface area is 123 Å². The highest BCUT2D eigenvalue weighted by Gasteiger charge is 2.08. The number of anilines is 1. The van der Waals surface area contributed by atoms with Gasteiger partial charge in [-0.25, -0.2) is 0 Å². The molecule has 2 N–H and O–H groups in total. The van der Waals surface area contributed by atoms with Crippen molar-refractivity contribution >= 4 is 21.6 Å². The molecular weight excluding hydrogens is 300 g/mol. The van der Waals surface area contributed by atoms with Crippen LogP contribution in [0, 0.1) is 0 Å². The summed E-state index contributed by atoms with van der Waals surface area (Å²) in [6.45, 7) is 2.89. The molecule has 2 aromatic rings. The van der Waals surface area contributed by atoms with Crippen LogP contribution in [-0.4, -0.2) is 7.05 Å². The SMILES string of the molecule is C[C@H](N)c1ccc(N(C)Cc2ccccc2)cc1Br. The van der Waals surface area contributed by atoms with Crippen LogP contribution in [0.25, 0.3) is 0 Å². The van der Waals surface area contributed by atoms with E-state index >= 15 is 0 Å². The summed E-state index contributed by atoms with van der Waals surface area (Å²) < 4.78 is 1.07. The number of nitrogens with two attached hydrogens (primary N) is 1. The molecule has 0 saturated carbocycles. The number of nitrogens with zero attached hydrogens (tertiary/aromatic N) is 1. The summed E-state index contributed by atoms with van der Waals surface area (Å²) >= 11 is 3.59. The highest BCUT2D eigenvalue weighted by Crippen LogP contribution is 2.27. The van der Waals surface area contributed by atoms with E-state index in [1.54, 1.807) is 0 Å². The van der Waals surface area contributed by atoms with Gasteiger partial charge in [-0.3, -0.25) is 0 Å². The molecule has 0 radical (unpaired) electrons. The van der Waals surface area contributed by atoms with E-state index in [-0.39, 0.29) is 6.04 Å². The van der Waals surface area contributed by atoms with Gasteiger partial charge in [-0.15, -0.1) is 0 Å². The molecule has 0 saturated heterocycles. The highest BCUT2D eigenvalue weighted by molar-refractivity contribution is 9.10. The molecule has 0 unspecified atom stereocenters. The van der Waals surface area contributed by atoms with Gasteiger partial charge in [-0.1, -0.05) is 52.3 Å². The van der Waals surface area contributed by atoms with E-state index in [9.17, 15) is 0 Å². The Balaban J connectivity index is 2.16. The summed E-state index contributed by atoms with van der Waals surface area (Å²) in [5.74, 6) is 0. The normalized spacial score (nSPS) is 12.2. The van der Waals surface area contributed by atoms with Gasteiger partial charge in [0.05, 0.1) is 0 Å². The molecule has 0 heterocycles. The van der Waals surface area contributed by atoms with E-state index in [1.807, 2.05) is 13.0 Å².